The minimum Gasteiger partial charge on any atom is -0.381 e. The van der Waals surface area contributed by atoms with Crippen LogP contribution in [0.25, 0.3) is 0 Å². The number of hydrogen-bond acceptors (Lipinski definition) is 2. The van der Waals surface area contributed by atoms with Crippen LogP contribution in [0, 0.1) is 0 Å². The Kier molecular flexibility index (Phi) is 4.42. The van der Waals surface area contributed by atoms with Crippen molar-refractivity contribution in [2.75, 3.05) is 13.7 Å². The molecular weight excluding hydrogens is 198 g/mol. The average molecular weight is 227 g/mol. The molecule has 2 heteroatoms. The van der Waals surface area contributed by atoms with E-state index in [1.807, 2.05) is 7.11 Å². The van der Waals surface area contributed by atoms with Gasteiger partial charge in [0.05, 0.1) is 6.10 Å². The summed E-state index contributed by atoms with van der Waals surface area (Å²) in [7, 11) is 1.85. The molecule has 0 aromatic heterocycles. The summed E-state index contributed by atoms with van der Waals surface area (Å²) in [6.45, 7) is 12.9. The fraction of sp³-hybridized carbons (Fsp3) is 1.00. The Bertz CT molecular complexity index is 205. The zero-order valence-corrected chi connectivity index (χ0v) is 12.0. The summed E-state index contributed by atoms with van der Waals surface area (Å²) in [5.41, 5.74) is 0.523. The molecule has 0 aromatic rings. The Hall–Kier alpha value is -0.0800. The van der Waals surface area contributed by atoms with E-state index in [-0.39, 0.29) is 11.1 Å². The maximum atomic E-state index is 5.59. The standard InChI is InChI=1S/C14H29NO/c1-7-8-9-15-13(2,3)10-12(16-6)11-14(15,4)5/h12H,7-11H2,1-6H3. The summed E-state index contributed by atoms with van der Waals surface area (Å²) >= 11 is 0. The first-order valence-corrected chi connectivity index (χ1v) is 6.64. The molecule has 1 saturated heterocycles. The van der Waals surface area contributed by atoms with E-state index in [2.05, 4.69) is 39.5 Å². The zero-order chi connectivity index (χ0) is 12.4. The first-order valence-electron chi connectivity index (χ1n) is 6.64. The summed E-state index contributed by atoms with van der Waals surface area (Å²) in [6.07, 6.45) is 5.29. The summed E-state index contributed by atoms with van der Waals surface area (Å²) in [5.74, 6) is 0. The lowest BCUT2D eigenvalue weighted by Gasteiger charge is -2.55. The Morgan fingerprint density at radius 3 is 2.00 bits per heavy atom. The zero-order valence-electron chi connectivity index (χ0n) is 12.0. The quantitative estimate of drug-likeness (QED) is 0.729. The van der Waals surface area contributed by atoms with Gasteiger partial charge in [-0.05, 0) is 53.5 Å². The Morgan fingerprint density at radius 2 is 1.62 bits per heavy atom. The molecule has 1 aliphatic heterocycles. The van der Waals surface area contributed by atoms with Gasteiger partial charge in [0.15, 0.2) is 0 Å². The molecule has 0 N–H and O–H groups in total. The van der Waals surface area contributed by atoms with Crippen molar-refractivity contribution >= 4 is 0 Å². The maximum absolute atomic E-state index is 5.59. The number of piperidine rings is 1. The lowest BCUT2D eigenvalue weighted by Crippen LogP contribution is -2.62. The fourth-order valence-corrected chi connectivity index (χ4v) is 3.31. The van der Waals surface area contributed by atoms with E-state index in [4.69, 9.17) is 4.74 Å². The van der Waals surface area contributed by atoms with E-state index in [1.165, 1.54) is 19.4 Å². The third-order valence-corrected chi connectivity index (χ3v) is 3.98. The molecule has 1 rings (SSSR count). The molecular formula is C14H29NO. The molecule has 0 atom stereocenters. The highest BCUT2D eigenvalue weighted by Crippen LogP contribution is 2.39. The van der Waals surface area contributed by atoms with Gasteiger partial charge >= 0.3 is 0 Å². The minimum atomic E-state index is 0.262. The first kappa shape index (κ1) is 14.0. The summed E-state index contributed by atoms with van der Waals surface area (Å²) in [6, 6.07) is 0. The fourth-order valence-electron chi connectivity index (χ4n) is 3.31. The van der Waals surface area contributed by atoms with Gasteiger partial charge in [-0.2, -0.15) is 0 Å². The van der Waals surface area contributed by atoms with Gasteiger partial charge in [0.2, 0.25) is 0 Å². The molecule has 0 aromatic carbocycles. The molecule has 0 aliphatic carbocycles. The van der Waals surface area contributed by atoms with Crippen molar-refractivity contribution < 1.29 is 4.74 Å². The van der Waals surface area contributed by atoms with E-state index in [0.29, 0.717) is 6.10 Å². The number of rotatable bonds is 4. The monoisotopic (exact) mass is 227 g/mol. The molecule has 0 bridgehead atoms. The molecule has 1 fully saturated rings. The van der Waals surface area contributed by atoms with Crippen molar-refractivity contribution in [3.63, 3.8) is 0 Å². The third-order valence-electron chi connectivity index (χ3n) is 3.98. The summed E-state index contributed by atoms with van der Waals surface area (Å²) < 4.78 is 5.59. The molecule has 1 aliphatic rings. The normalized spacial score (nSPS) is 25.9. The number of ether oxygens (including phenoxy) is 1. The van der Waals surface area contributed by atoms with E-state index in [9.17, 15) is 0 Å². The molecule has 0 amide bonds. The molecule has 2 nitrogen and oxygen atoms in total. The van der Waals surface area contributed by atoms with Crippen LogP contribution in [0.5, 0.6) is 0 Å². The highest BCUT2D eigenvalue weighted by molar-refractivity contribution is 5.00. The van der Waals surface area contributed by atoms with Crippen LogP contribution in [0.3, 0.4) is 0 Å². The van der Waals surface area contributed by atoms with Crippen LogP contribution >= 0.6 is 0 Å². The Morgan fingerprint density at radius 1 is 1.12 bits per heavy atom. The number of unbranched alkanes of at least 4 members (excludes halogenated alkanes) is 1. The Labute approximate surface area is 101 Å². The van der Waals surface area contributed by atoms with Crippen molar-refractivity contribution in [2.45, 2.75) is 77.5 Å². The number of methoxy groups -OCH3 is 1. The topological polar surface area (TPSA) is 12.5 Å². The van der Waals surface area contributed by atoms with E-state index in [1.54, 1.807) is 0 Å². The van der Waals surface area contributed by atoms with Gasteiger partial charge in [-0.3, -0.25) is 4.90 Å². The smallest absolute Gasteiger partial charge is 0.0606 e. The van der Waals surface area contributed by atoms with Crippen molar-refractivity contribution in [1.29, 1.82) is 0 Å². The highest BCUT2D eigenvalue weighted by atomic mass is 16.5. The van der Waals surface area contributed by atoms with Crippen LogP contribution in [-0.4, -0.2) is 35.7 Å². The average Bonchev–Trinajstić information content (AvgIpc) is 2.14. The van der Waals surface area contributed by atoms with Crippen LogP contribution in [0.2, 0.25) is 0 Å². The van der Waals surface area contributed by atoms with Crippen molar-refractivity contribution in [2.24, 2.45) is 0 Å². The number of hydrogen-bond donors (Lipinski definition) is 0. The number of nitrogens with zero attached hydrogens (tertiary/aromatic N) is 1. The second-order valence-corrected chi connectivity index (χ2v) is 6.40. The molecule has 16 heavy (non-hydrogen) atoms. The maximum Gasteiger partial charge on any atom is 0.0606 e. The second kappa shape index (κ2) is 5.05. The molecule has 1 heterocycles. The summed E-state index contributed by atoms with van der Waals surface area (Å²) in [5, 5.41) is 0. The van der Waals surface area contributed by atoms with Crippen LogP contribution in [0.4, 0.5) is 0 Å². The number of likely N-dealkylation sites (tertiary alicyclic amines) is 1. The largest absolute Gasteiger partial charge is 0.381 e. The molecule has 96 valence electrons. The van der Waals surface area contributed by atoms with Crippen LogP contribution in [-0.2, 0) is 4.74 Å². The van der Waals surface area contributed by atoms with Crippen molar-refractivity contribution in [3.05, 3.63) is 0 Å². The van der Waals surface area contributed by atoms with Gasteiger partial charge in [-0.15, -0.1) is 0 Å². The molecule has 0 radical (unpaired) electrons. The predicted octanol–water partition coefficient (Wildman–Crippen LogP) is 3.45. The van der Waals surface area contributed by atoms with Crippen molar-refractivity contribution in [1.82, 2.24) is 4.90 Å². The highest BCUT2D eigenvalue weighted by Gasteiger charge is 2.44. The van der Waals surface area contributed by atoms with Crippen LogP contribution in [0.1, 0.15) is 60.3 Å². The predicted molar refractivity (Wildman–Crippen MR) is 69.8 cm³/mol. The summed E-state index contributed by atoms with van der Waals surface area (Å²) in [4.78, 5) is 2.68. The van der Waals surface area contributed by atoms with Crippen LogP contribution < -0.4 is 0 Å². The van der Waals surface area contributed by atoms with Gasteiger partial charge in [0, 0.05) is 18.2 Å². The van der Waals surface area contributed by atoms with E-state index < -0.39 is 0 Å². The second-order valence-electron chi connectivity index (χ2n) is 6.40. The van der Waals surface area contributed by atoms with Crippen molar-refractivity contribution in [3.8, 4) is 0 Å². The van der Waals surface area contributed by atoms with E-state index in [0.717, 1.165) is 12.8 Å². The molecule has 0 spiro atoms. The van der Waals surface area contributed by atoms with E-state index >= 15 is 0 Å². The van der Waals surface area contributed by atoms with Gasteiger partial charge < -0.3 is 4.74 Å². The minimum absolute atomic E-state index is 0.262. The first-order chi connectivity index (χ1) is 7.33. The van der Waals surface area contributed by atoms with Gasteiger partial charge in [0.1, 0.15) is 0 Å². The Balaban J connectivity index is 2.79. The molecule has 0 unspecified atom stereocenters. The lowest BCUT2D eigenvalue weighted by molar-refractivity contribution is -0.0928. The van der Waals surface area contributed by atoms with Crippen LogP contribution in [0.15, 0.2) is 0 Å². The third kappa shape index (κ3) is 2.98. The lowest BCUT2D eigenvalue weighted by atomic mass is 9.78. The van der Waals surface area contributed by atoms with Gasteiger partial charge in [-0.25, -0.2) is 0 Å². The SMILES string of the molecule is CCCCN1C(C)(C)CC(OC)CC1(C)C. The molecule has 0 saturated carbocycles. The van der Waals surface area contributed by atoms with Gasteiger partial charge in [-0.1, -0.05) is 13.3 Å². The van der Waals surface area contributed by atoms with Gasteiger partial charge in [0.25, 0.3) is 0 Å².